The third-order valence-corrected chi connectivity index (χ3v) is 6.09. The predicted molar refractivity (Wildman–Crippen MR) is 98.0 cm³/mol. The maximum absolute atomic E-state index is 12.8. The molecule has 1 amide bonds. The molecule has 0 unspecified atom stereocenters. The van der Waals surface area contributed by atoms with Crippen LogP contribution in [0.4, 0.5) is 0 Å². The zero-order valence-corrected chi connectivity index (χ0v) is 15.7. The van der Waals surface area contributed by atoms with E-state index in [0.29, 0.717) is 19.0 Å². The van der Waals surface area contributed by atoms with Gasteiger partial charge in [0.05, 0.1) is 30.8 Å². The zero-order valence-electron chi connectivity index (χ0n) is 14.9. The summed E-state index contributed by atoms with van der Waals surface area (Å²) in [7, 11) is -2.27. The van der Waals surface area contributed by atoms with E-state index in [-0.39, 0.29) is 30.1 Å². The molecular formula is C18H21N3O5S. The van der Waals surface area contributed by atoms with Crippen LogP contribution in [0.5, 0.6) is 5.75 Å². The number of hydrogen-bond acceptors (Lipinski definition) is 6. The molecule has 1 aromatic carbocycles. The molecule has 1 N–H and O–H groups in total. The van der Waals surface area contributed by atoms with Crippen molar-refractivity contribution >= 4 is 15.9 Å². The van der Waals surface area contributed by atoms with Crippen LogP contribution < -0.4 is 10.1 Å². The van der Waals surface area contributed by atoms with Gasteiger partial charge in [-0.05, 0) is 29.8 Å². The molecule has 1 aromatic heterocycles. The van der Waals surface area contributed by atoms with E-state index in [0.717, 1.165) is 5.56 Å². The van der Waals surface area contributed by atoms with Crippen molar-refractivity contribution in [1.29, 1.82) is 0 Å². The van der Waals surface area contributed by atoms with Crippen LogP contribution in [-0.2, 0) is 21.3 Å². The first-order chi connectivity index (χ1) is 13.0. The normalized spacial score (nSPS) is 15.3. The van der Waals surface area contributed by atoms with Gasteiger partial charge in [-0.1, -0.05) is 6.07 Å². The molecule has 8 nitrogen and oxygen atoms in total. The topological polar surface area (TPSA) is 97.8 Å². The molecule has 0 saturated carbocycles. The summed E-state index contributed by atoms with van der Waals surface area (Å²) in [5.41, 5.74) is 0.998. The van der Waals surface area contributed by atoms with Crippen LogP contribution in [0.1, 0.15) is 15.9 Å². The zero-order chi connectivity index (χ0) is 19.3. The largest absolute Gasteiger partial charge is 0.496 e. The second kappa shape index (κ2) is 8.47. The standard InChI is InChI=1S/C18H21N3O5S/c1-25-17-5-4-15(27(23,24)21-7-9-26-10-8-21)11-16(17)18(22)20-13-14-3-2-6-19-12-14/h2-6,11-12H,7-10,13H2,1H3,(H,20,22). The van der Waals surface area contributed by atoms with Gasteiger partial charge in [-0.25, -0.2) is 8.42 Å². The number of hydrogen-bond donors (Lipinski definition) is 1. The summed E-state index contributed by atoms with van der Waals surface area (Å²) in [6, 6.07) is 7.90. The van der Waals surface area contributed by atoms with E-state index in [1.54, 1.807) is 18.5 Å². The summed E-state index contributed by atoms with van der Waals surface area (Å²) < 4.78 is 37.5. The lowest BCUT2D eigenvalue weighted by Gasteiger charge is -2.26. The Morgan fingerprint density at radius 1 is 1.30 bits per heavy atom. The smallest absolute Gasteiger partial charge is 0.255 e. The Bertz CT molecular complexity index is 896. The number of methoxy groups -OCH3 is 1. The Morgan fingerprint density at radius 2 is 2.07 bits per heavy atom. The summed E-state index contributed by atoms with van der Waals surface area (Å²) in [5.74, 6) is -0.116. The van der Waals surface area contributed by atoms with E-state index < -0.39 is 15.9 Å². The summed E-state index contributed by atoms with van der Waals surface area (Å²) in [6.45, 7) is 1.56. The van der Waals surface area contributed by atoms with Gasteiger partial charge in [0.15, 0.2) is 0 Å². The molecule has 1 aliphatic rings. The van der Waals surface area contributed by atoms with Gasteiger partial charge in [0.25, 0.3) is 5.91 Å². The number of nitrogens with one attached hydrogen (secondary N) is 1. The van der Waals surface area contributed by atoms with Crippen LogP contribution in [0.3, 0.4) is 0 Å². The predicted octanol–water partition coefficient (Wildman–Crippen LogP) is 1.04. The number of pyridine rings is 1. The molecule has 0 radical (unpaired) electrons. The minimum atomic E-state index is -3.70. The van der Waals surface area contributed by atoms with Crippen molar-refractivity contribution in [1.82, 2.24) is 14.6 Å². The lowest BCUT2D eigenvalue weighted by molar-refractivity contribution is 0.0730. The van der Waals surface area contributed by atoms with Gasteiger partial charge in [-0.2, -0.15) is 4.31 Å². The Labute approximate surface area is 158 Å². The van der Waals surface area contributed by atoms with Gasteiger partial charge >= 0.3 is 0 Å². The highest BCUT2D eigenvalue weighted by atomic mass is 32.2. The minimum absolute atomic E-state index is 0.0525. The number of carbonyl (C=O) groups is 1. The van der Waals surface area contributed by atoms with Crippen molar-refractivity contribution in [2.24, 2.45) is 0 Å². The van der Waals surface area contributed by atoms with Crippen LogP contribution in [0.2, 0.25) is 0 Å². The second-order valence-electron chi connectivity index (χ2n) is 5.92. The van der Waals surface area contributed by atoms with Crippen molar-refractivity contribution in [2.45, 2.75) is 11.4 Å². The average molecular weight is 391 g/mol. The Kier molecular flexibility index (Phi) is 6.04. The molecule has 0 aliphatic carbocycles. The fraction of sp³-hybridized carbons (Fsp3) is 0.333. The number of benzene rings is 1. The fourth-order valence-electron chi connectivity index (χ4n) is 2.74. The molecule has 2 heterocycles. The Balaban J connectivity index is 1.83. The van der Waals surface area contributed by atoms with E-state index in [1.165, 1.54) is 29.6 Å². The van der Waals surface area contributed by atoms with E-state index in [9.17, 15) is 13.2 Å². The third-order valence-electron chi connectivity index (χ3n) is 4.20. The monoisotopic (exact) mass is 391 g/mol. The molecule has 0 atom stereocenters. The van der Waals surface area contributed by atoms with Crippen LogP contribution >= 0.6 is 0 Å². The summed E-state index contributed by atoms with van der Waals surface area (Å²) in [4.78, 5) is 16.7. The van der Waals surface area contributed by atoms with Crippen LogP contribution in [-0.4, -0.2) is 57.0 Å². The molecule has 144 valence electrons. The minimum Gasteiger partial charge on any atom is -0.496 e. The van der Waals surface area contributed by atoms with Crippen molar-refractivity contribution in [2.75, 3.05) is 33.4 Å². The van der Waals surface area contributed by atoms with Gasteiger partial charge in [0, 0.05) is 32.0 Å². The molecule has 1 saturated heterocycles. The number of morpholine rings is 1. The number of ether oxygens (including phenoxy) is 2. The van der Waals surface area contributed by atoms with Gasteiger partial charge < -0.3 is 14.8 Å². The molecule has 27 heavy (non-hydrogen) atoms. The molecule has 9 heteroatoms. The molecule has 1 fully saturated rings. The van der Waals surface area contributed by atoms with Crippen LogP contribution in [0, 0.1) is 0 Å². The second-order valence-corrected chi connectivity index (χ2v) is 7.86. The maximum atomic E-state index is 12.8. The number of aromatic nitrogens is 1. The van der Waals surface area contributed by atoms with Gasteiger partial charge in [-0.15, -0.1) is 0 Å². The lowest BCUT2D eigenvalue weighted by atomic mass is 10.2. The molecule has 0 spiro atoms. The highest BCUT2D eigenvalue weighted by molar-refractivity contribution is 7.89. The summed E-state index contributed by atoms with van der Waals surface area (Å²) >= 11 is 0. The van der Waals surface area contributed by atoms with E-state index in [2.05, 4.69) is 10.3 Å². The van der Waals surface area contributed by atoms with E-state index >= 15 is 0 Å². The average Bonchev–Trinajstić information content (AvgIpc) is 2.73. The van der Waals surface area contributed by atoms with Crippen LogP contribution in [0.25, 0.3) is 0 Å². The number of sulfonamides is 1. The number of rotatable bonds is 6. The number of carbonyl (C=O) groups excluding carboxylic acids is 1. The summed E-state index contributed by atoms with van der Waals surface area (Å²) in [6.07, 6.45) is 3.30. The van der Waals surface area contributed by atoms with Gasteiger partial charge in [0.2, 0.25) is 10.0 Å². The molecule has 0 bridgehead atoms. The van der Waals surface area contributed by atoms with Gasteiger partial charge in [0.1, 0.15) is 5.75 Å². The third kappa shape index (κ3) is 4.44. The number of amides is 1. The maximum Gasteiger partial charge on any atom is 0.255 e. The van der Waals surface area contributed by atoms with E-state index in [4.69, 9.17) is 9.47 Å². The van der Waals surface area contributed by atoms with Crippen molar-refractivity contribution in [3.63, 3.8) is 0 Å². The van der Waals surface area contributed by atoms with Crippen molar-refractivity contribution in [3.05, 3.63) is 53.9 Å². The van der Waals surface area contributed by atoms with Crippen molar-refractivity contribution in [3.8, 4) is 5.75 Å². The first-order valence-corrected chi connectivity index (χ1v) is 9.89. The van der Waals surface area contributed by atoms with Gasteiger partial charge in [-0.3, -0.25) is 9.78 Å². The highest BCUT2D eigenvalue weighted by Crippen LogP contribution is 2.25. The highest BCUT2D eigenvalue weighted by Gasteiger charge is 2.28. The molecule has 1 aliphatic heterocycles. The van der Waals surface area contributed by atoms with Crippen molar-refractivity contribution < 1.29 is 22.7 Å². The van der Waals surface area contributed by atoms with E-state index in [1.807, 2.05) is 6.07 Å². The lowest BCUT2D eigenvalue weighted by Crippen LogP contribution is -2.40. The molecule has 3 rings (SSSR count). The molecule has 2 aromatic rings. The first-order valence-electron chi connectivity index (χ1n) is 8.45. The summed E-state index contributed by atoms with van der Waals surface area (Å²) in [5, 5.41) is 2.76. The first kappa shape index (κ1) is 19.3. The Hall–Kier alpha value is -2.49. The Morgan fingerprint density at radius 3 is 2.74 bits per heavy atom. The fourth-order valence-corrected chi connectivity index (χ4v) is 4.18. The molecular weight excluding hydrogens is 370 g/mol. The van der Waals surface area contributed by atoms with Crippen LogP contribution in [0.15, 0.2) is 47.6 Å². The quantitative estimate of drug-likeness (QED) is 0.790. The number of nitrogens with zero attached hydrogens (tertiary/aromatic N) is 2. The SMILES string of the molecule is COc1ccc(S(=O)(=O)N2CCOCC2)cc1C(=O)NCc1cccnc1.